The van der Waals surface area contributed by atoms with Gasteiger partial charge in [-0.25, -0.2) is 4.98 Å². The van der Waals surface area contributed by atoms with Crippen LogP contribution in [0.1, 0.15) is 47.9 Å². The van der Waals surface area contributed by atoms with Crippen molar-refractivity contribution in [2.45, 2.75) is 53.2 Å². The average Bonchev–Trinajstić information content (AvgIpc) is 2.86. The number of aromatic nitrogens is 3. The van der Waals surface area contributed by atoms with E-state index in [1.54, 1.807) is 0 Å². The van der Waals surface area contributed by atoms with Gasteiger partial charge in [-0.15, -0.1) is 0 Å². The van der Waals surface area contributed by atoms with Gasteiger partial charge in [0.2, 0.25) is 0 Å². The van der Waals surface area contributed by atoms with Crippen LogP contribution in [0.3, 0.4) is 0 Å². The monoisotopic (exact) mass is 263 g/mol. The molecule has 0 aliphatic carbocycles. The molecular formula is C14H21N3O2. The minimum atomic E-state index is -0.600. The highest BCUT2D eigenvalue weighted by molar-refractivity contribution is 5.33. The van der Waals surface area contributed by atoms with Crippen LogP contribution in [0.15, 0.2) is 10.7 Å². The van der Waals surface area contributed by atoms with Crippen molar-refractivity contribution < 1.29 is 9.52 Å². The summed E-state index contributed by atoms with van der Waals surface area (Å²) in [6, 6.07) is 0. The van der Waals surface area contributed by atoms with Crippen LogP contribution >= 0.6 is 0 Å². The Labute approximate surface area is 113 Å². The van der Waals surface area contributed by atoms with Crippen LogP contribution in [0.5, 0.6) is 0 Å². The third-order valence-electron chi connectivity index (χ3n) is 3.46. The highest BCUT2D eigenvalue weighted by Crippen LogP contribution is 2.28. The normalized spacial score (nSPS) is 12.9. The van der Waals surface area contributed by atoms with Crippen molar-refractivity contribution in [3.63, 3.8) is 0 Å². The molecule has 0 saturated carbocycles. The summed E-state index contributed by atoms with van der Waals surface area (Å²) in [6.45, 7) is 8.69. The van der Waals surface area contributed by atoms with Gasteiger partial charge in [-0.2, -0.15) is 5.10 Å². The molecule has 0 radical (unpaired) electrons. The molecule has 0 aliphatic rings. The summed E-state index contributed by atoms with van der Waals surface area (Å²) in [7, 11) is 0. The van der Waals surface area contributed by atoms with Crippen LogP contribution in [0, 0.1) is 20.8 Å². The zero-order valence-electron chi connectivity index (χ0n) is 12.0. The molecule has 2 heterocycles. The molecule has 0 saturated heterocycles. The van der Waals surface area contributed by atoms with Crippen LogP contribution < -0.4 is 0 Å². The van der Waals surface area contributed by atoms with E-state index in [0.717, 1.165) is 41.4 Å². The van der Waals surface area contributed by atoms with E-state index in [1.165, 1.54) is 6.33 Å². The van der Waals surface area contributed by atoms with Crippen molar-refractivity contribution in [2.24, 2.45) is 0 Å². The molecule has 0 aliphatic heterocycles. The molecule has 1 N–H and O–H groups in total. The van der Waals surface area contributed by atoms with E-state index in [9.17, 15) is 5.11 Å². The number of furan rings is 1. The molecule has 1 unspecified atom stereocenters. The number of aliphatic hydroxyl groups is 1. The molecule has 2 aromatic heterocycles. The van der Waals surface area contributed by atoms with Gasteiger partial charge >= 0.3 is 0 Å². The van der Waals surface area contributed by atoms with Crippen molar-refractivity contribution in [1.82, 2.24) is 14.8 Å². The van der Waals surface area contributed by atoms with Gasteiger partial charge in [0.05, 0.1) is 6.10 Å². The van der Waals surface area contributed by atoms with Gasteiger partial charge in [-0.05, 0) is 32.8 Å². The summed E-state index contributed by atoms with van der Waals surface area (Å²) in [6.07, 6.45) is 2.39. The molecule has 0 fully saturated rings. The molecule has 104 valence electrons. The van der Waals surface area contributed by atoms with Crippen LogP contribution in [0.2, 0.25) is 0 Å². The predicted octanol–water partition coefficient (Wildman–Crippen LogP) is 2.48. The van der Waals surface area contributed by atoms with Gasteiger partial charge in [0.1, 0.15) is 23.7 Å². The maximum atomic E-state index is 10.4. The minimum absolute atomic E-state index is 0.459. The van der Waals surface area contributed by atoms with Crippen molar-refractivity contribution in [1.29, 1.82) is 0 Å². The summed E-state index contributed by atoms with van der Waals surface area (Å²) >= 11 is 0. The Bertz CT molecular complexity index is 557. The predicted molar refractivity (Wildman–Crippen MR) is 71.9 cm³/mol. The highest BCUT2D eigenvalue weighted by atomic mass is 16.3. The number of aryl methyl sites for hydroxylation is 3. The molecule has 5 heteroatoms. The number of hydrogen-bond donors (Lipinski definition) is 1. The standard InChI is InChI=1S/C14H21N3O2/c1-5-6-17-13(15-8-16-17)7-12(18)14-9(2)10(3)19-11(14)4/h8,12,18H,5-7H2,1-4H3. The SMILES string of the molecule is CCCn1ncnc1CC(O)c1c(C)oc(C)c1C. The van der Waals surface area contributed by atoms with E-state index in [-0.39, 0.29) is 0 Å². The van der Waals surface area contributed by atoms with E-state index >= 15 is 0 Å². The zero-order chi connectivity index (χ0) is 14.0. The lowest BCUT2D eigenvalue weighted by Crippen LogP contribution is -2.11. The molecule has 5 nitrogen and oxygen atoms in total. The minimum Gasteiger partial charge on any atom is -0.466 e. The first-order valence-corrected chi connectivity index (χ1v) is 6.65. The molecule has 0 bridgehead atoms. The fraction of sp³-hybridized carbons (Fsp3) is 0.571. The third kappa shape index (κ3) is 2.71. The zero-order valence-corrected chi connectivity index (χ0v) is 12.0. The summed E-state index contributed by atoms with van der Waals surface area (Å²) < 4.78 is 7.41. The first kappa shape index (κ1) is 13.8. The number of hydrogen-bond acceptors (Lipinski definition) is 4. The molecule has 19 heavy (non-hydrogen) atoms. The van der Waals surface area contributed by atoms with E-state index in [1.807, 2.05) is 25.5 Å². The molecular weight excluding hydrogens is 242 g/mol. The number of rotatable bonds is 5. The van der Waals surface area contributed by atoms with Gasteiger partial charge in [-0.3, -0.25) is 4.68 Å². The Kier molecular flexibility index (Phi) is 4.04. The Hall–Kier alpha value is -1.62. The van der Waals surface area contributed by atoms with Crippen LogP contribution in [-0.2, 0) is 13.0 Å². The Morgan fingerprint density at radius 2 is 2.05 bits per heavy atom. The Balaban J connectivity index is 2.20. The highest BCUT2D eigenvalue weighted by Gasteiger charge is 2.21. The summed E-state index contributed by atoms with van der Waals surface area (Å²) in [5.74, 6) is 2.46. The van der Waals surface area contributed by atoms with Crippen molar-refractivity contribution in [3.05, 3.63) is 34.8 Å². The Morgan fingerprint density at radius 3 is 2.63 bits per heavy atom. The van der Waals surface area contributed by atoms with E-state index in [4.69, 9.17) is 4.42 Å². The summed E-state index contributed by atoms with van der Waals surface area (Å²) in [4.78, 5) is 4.23. The fourth-order valence-corrected chi connectivity index (χ4v) is 2.42. The quantitative estimate of drug-likeness (QED) is 0.900. The maximum absolute atomic E-state index is 10.4. The van der Waals surface area contributed by atoms with Gasteiger partial charge in [0.15, 0.2) is 0 Å². The first-order valence-electron chi connectivity index (χ1n) is 6.65. The second kappa shape index (κ2) is 5.57. The summed E-state index contributed by atoms with van der Waals surface area (Å²) in [5, 5.41) is 14.6. The van der Waals surface area contributed by atoms with E-state index in [0.29, 0.717) is 6.42 Å². The van der Waals surface area contributed by atoms with Crippen molar-refractivity contribution >= 4 is 0 Å². The lowest BCUT2D eigenvalue weighted by molar-refractivity contribution is 0.171. The second-order valence-electron chi connectivity index (χ2n) is 4.87. The molecule has 1 atom stereocenters. The van der Waals surface area contributed by atoms with Crippen LogP contribution in [0.25, 0.3) is 0 Å². The van der Waals surface area contributed by atoms with Gasteiger partial charge in [-0.1, -0.05) is 6.92 Å². The second-order valence-corrected chi connectivity index (χ2v) is 4.87. The topological polar surface area (TPSA) is 64.1 Å². The van der Waals surface area contributed by atoms with Crippen LogP contribution in [0.4, 0.5) is 0 Å². The largest absolute Gasteiger partial charge is 0.466 e. The molecule has 0 spiro atoms. The number of aliphatic hydroxyl groups excluding tert-OH is 1. The molecule has 2 aromatic rings. The lowest BCUT2D eigenvalue weighted by Gasteiger charge is -2.11. The van der Waals surface area contributed by atoms with E-state index < -0.39 is 6.10 Å². The van der Waals surface area contributed by atoms with Gasteiger partial charge in [0.25, 0.3) is 0 Å². The third-order valence-corrected chi connectivity index (χ3v) is 3.46. The lowest BCUT2D eigenvalue weighted by atomic mass is 10.0. The fourth-order valence-electron chi connectivity index (χ4n) is 2.42. The maximum Gasteiger partial charge on any atom is 0.138 e. The smallest absolute Gasteiger partial charge is 0.138 e. The summed E-state index contributed by atoms with van der Waals surface area (Å²) in [5.41, 5.74) is 1.90. The molecule has 0 aromatic carbocycles. The van der Waals surface area contributed by atoms with Gasteiger partial charge < -0.3 is 9.52 Å². The first-order chi connectivity index (χ1) is 9.04. The van der Waals surface area contributed by atoms with Gasteiger partial charge in [0, 0.05) is 18.5 Å². The molecule has 0 amide bonds. The number of nitrogens with zero attached hydrogens (tertiary/aromatic N) is 3. The molecule has 2 rings (SSSR count). The van der Waals surface area contributed by atoms with Crippen molar-refractivity contribution in [3.8, 4) is 0 Å². The Morgan fingerprint density at radius 1 is 1.32 bits per heavy atom. The average molecular weight is 263 g/mol. The van der Waals surface area contributed by atoms with Crippen molar-refractivity contribution in [2.75, 3.05) is 0 Å². The van der Waals surface area contributed by atoms with E-state index in [2.05, 4.69) is 17.0 Å². The van der Waals surface area contributed by atoms with Crippen LogP contribution in [-0.4, -0.2) is 19.9 Å².